The summed E-state index contributed by atoms with van der Waals surface area (Å²) >= 11 is 0. The van der Waals surface area contributed by atoms with Crippen molar-refractivity contribution in [3.63, 3.8) is 0 Å². The van der Waals surface area contributed by atoms with Gasteiger partial charge in [-0.05, 0) is 48.6 Å². The number of benzene rings is 2. The highest BCUT2D eigenvalue weighted by Gasteiger charge is 2.43. The molecule has 1 amide bonds. The van der Waals surface area contributed by atoms with E-state index in [1.807, 2.05) is 37.3 Å². The SMILES string of the molecule is CCOc1cc(/C=N/NC(=O)C2CC2c2ccccc2)ccc1O. The number of carbonyl (C=O) groups is 1. The van der Waals surface area contributed by atoms with Crippen LogP contribution in [0.3, 0.4) is 0 Å². The molecule has 2 atom stereocenters. The predicted octanol–water partition coefficient (Wildman–Crippen LogP) is 3.04. The Morgan fingerprint density at radius 1 is 1.33 bits per heavy atom. The molecule has 1 fully saturated rings. The maximum absolute atomic E-state index is 12.1. The predicted molar refractivity (Wildman–Crippen MR) is 92.3 cm³/mol. The van der Waals surface area contributed by atoms with E-state index in [0.717, 1.165) is 12.0 Å². The molecule has 0 saturated heterocycles. The molecule has 0 aliphatic heterocycles. The zero-order valence-corrected chi connectivity index (χ0v) is 13.5. The fourth-order valence-corrected chi connectivity index (χ4v) is 2.69. The summed E-state index contributed by atoms with van der Waals surface area (Å²) in [5.41, 5.74) is 4.52. The number of carbonyl (C=O) groups excluding carboxylic acids is 1. The molecule has 1 aliphatic carbocycles. The second-order valence-corrected chi connectivity index (χ2v) is 5.75. The smallest absolute Gasteiger partial charge is 0.243 e. The number of rotatable bonds is 6. The van der Waals surface area contributed by atoms with Crippen molar-refractivity contribution in [3.8, 4) is 11.5 Å². The Morgan fingerprint density at radius 2 is 2.12 bits per heavy atom. The molecular formula is C19H20N2O3. The van der Waals surface area contributed by atoms with Crippen LogP contribution in [0.4, 0.5) is 0 Å². The van der Waals surface area contributed by atoms with Gasteiger partial charge in [0.15, 0.2) is 11.5 Å². The van der Waals surface area contributed by atoms with Crippen molar-refractivity contribution in [2.45, 2.75) is 19.3 Å². The number of ether oxygens (including phenoxy) is 1. The molecule has 0 radical (unpaired) electrons. The molecule has 124 valence electrons. The molecule has 1 aliphatic rings. The number of aromatic hydroxyl groups is 1. The van der Waals surface area contributed by atoms with E-state index in [0.29, 0.717) is 18.3 Å². The van der Waals surface area contributed by atoms with Gasteiger partial charge in [-0.2, -0.15) is 5.10 Å². The molecule has 2 aromatic rings. The first-order chi connectivity index (χ1) is 11.7. The van der Waals surface area contributed by atoms with Crippen molar-refractivity contribution in [3.05, 3.63) is 59.7 Å². The van der Waals surface area contributed by atoms with Gasteiger partial charge in [0.05, 0.1) is 12.8 Å². The first kappa shape index (κ1) is 16.1. The van der Waals surface area contributed by atoms with Crippen molar-refractivity contribution >= 4 is 12.1 Å². The average molecular weight is 324 g/mol. The number of phenols is 1. The summed E-state index contributed by atoms with van der Waals surface area (Å²) in [5, 5.41) is 13.7. The minimum Gasteiger partial charge on any atom is -0.504 e. The van der Waals surface area contributed by atoms with E-state index in [1.165, 1.54) is 5.56 Å². The summed E-state index contributed by atoms with van der Waals surface area (Å²) in [6.07, 6.45) is 2.40. The lowest BCUT2D eigenvalue weighted by atomic mass is 10.1. The van der Waals surface area contributed by atoms with E-state index >= 15 is 0 Å². The van der Waals surface area contributed by atoms with Gasteiger partial charge < -0.3 is 9.84 Å². The topological polar surface area (TPSA) is 70.9 Å². The quantitative estimate of drug-likeness (QED) is 0.634. The van der Waals surface area contributed by atoms with E-state index in [1.54, 1.807) is 24.4 Å². The van der Waals surface area contributed by atoms with Gasteiger partial charge in [-0.15, -0.1) is 0 Å². The third-order valence-corrected chi connectivity index (χ3v) is 4.03. The van der Waals surface area contributed by atoms with Gasteiger partial charge in [-0.1, -0.05) is 30.3 Å². The number of hydrogen-bond acceptors (Lipinski definition) is 4. The summed E-state index contributed by atoms with van der Waals surface area (Å²) in [6.45, 7) is 2.31. The molecule has 0 bridgehead atoms. The summed E-state index contributed by atoms with van der Waals surface area (Å²) in [4.78, 5) is 12.1. The fraction of sp³-hybridized carbons (Fsp3) is 0.263. The van der Waals surface area contributed by atoms with Crippen LogP contribution in [0.1, 0.15) is 30.4 Å². The maximum atomic E-state index is 12.1. The third kappa shape index (κ3) is 3.74. The van der Waals surface area contributed by atoms with Gasteiger partial charge in [0.25, 0.3) is 0 Å². The zero-order valence-electron chi connectivity index (χ0n) is 13.5. The van der Waals surface area contributed by atoms with Crippen LogP contribution >= 0.6 is 0 Å². The molecule has 24 heavy (non-hydrogen) atoms. The van der Waals surface area contributed by atoms with Gasteiger partial charge in [0.2, 0.25) is 5.91 Å². The Balaban J connectivity index is 1.55. The monoisotopic (exact) mass is 324 g/mol. The zero-order chi connectivity index (χ0) is 16.9. The van der Waals surface area contributed by atoms with Crippen LogP contribution in [-0.4, -0.2) is 23.8 Å². The second kappa shape index (κ2) is 7.17. The molecule has 3 rings (SSSR count). The second-order valence-electron chi connectivity index (χ2n) is 5.75. The minimum absolute atomic E-state index is 0.0108. The fourth-order valence-electron chi connectivity index (χ4n) is 2.69. The average Bonchev–Trinajstić information content (AvgIpc) is 3.39. The van der Waals surface area contributed by atoms with Crippen LogP contribution in [0.5, 0.6) is 11.5 Å². The number of amides is 1. The Labute approximate surface area is 141 Å². The van der Waals surface area contributed by atoms with Crippen LogP contribution in [0.25, 0.3) is 0 Å². The number of nitrogens with one attached hydrogen (secondary N) is 1. The Bertz CT molecular complexity index is 744. The summed E-state index contributed by atoms with van der Waals surface area (Å²) in [6, 6.07) is 15.0. The van der Waals surface area contributed by atoms with Gasteiger partial charge in [0, 0.05) is 5.92 Å². The standard InChI is InChI=1S/C19H20N2O3/c1-2-24-18-10-13(8-9-17(18)22)12-20-21-19(23)16-11-15(16)14-6-4-3-5-7-14/h3-10,12,15-16,22H,2,11H2,1H3,(H,21,23)/b20-12+. The van der Waals surface area contributed by atoms with Crippen molar-refractivity contribution in [2.24, 2.45) is 11.0 Å². The molecule has 5 heteroatoms. The molecule has 0 aromatic heterocycles. The number of hydrazone groups is 1. The molecule has 0 spiro atoms. The van der Waals surface area contributed by atoms with Gasteiger partial charge >= 0.3 is 0 Å². The Kier molecular flexibility index (Phi) is 4.79. The first-order valence-corrected chi connectivity index (χ1v) is 8.02. The van der Waals surface area contributed by atoms with Gasteiger partial charge in [-0.25, -0.2) is 5.43 Å². The lowest BCUT2D eigenvalue weighted by Crippen LogP contribution is -2.20. The van der Waals surface area contributed by atoms with Crippen LogP contribution in [-0.2, 0) is 4.79 Å². The minimum atomic E-state index is -0.0658. The van der Waals surface area contributed by atoms with Crippen LogP contribution < -0.4 is 10.2 Å². The lowest BCUT2D eigenvalue weighted by Gasteiger charge is -2.06. The largest absolute Gasteiger partial charge is 0.504 e. The Morgan fingerprint density at radius 3 is 2.88 bits per heavy atom. The normalized spacial score (nSPS) is 19.2. The summed E-state index contributed by atoms with van der Waals surface area (Å²) < 4.78 is 5.32. The molecule has 2 unspecified atom stereocenters. The van der Waals surface area contributed by atoms with Crippen LogP contribution in [0.15, 0.2) is 53.6 Å². The molecule has 2 aromatic carbocycles. The van der Waals surface area contributed by atoms with E-state index in [9.17, 15) is 9.90 Å². The third-order valence-electron chi connectivity index (χ3n) is 4.03. The molecule has 0 heterocycles. The number of phenolic OH excluding ortho intramolecular Hbond substituents is 1. The van der Waals surface area contributed by atoms with Crippen molar-refractivity contribution in [1.82, 2.24) is 5.43 Å². The van der Waals surface area contributed by atoms with Crippen molar-refractivity contribution in [1.29, 1.82) is 0 Å². The maximum Gasteiger partial charge on any atom is 0.243 e. The van der Waals surface area contributed by atoms with E-state index in [4.69, 9.17) is 4.74 Å². The van der Waals surface area contributed by atoms with Gasteiger partial charge in [0.1, 0.15) is 0 Å². The molecular weight excluding hydrogens is 304 g/mol. The van der Waals surface area contributed by atoms with E-state index in [2.05, 4.69) is 10.5 Å². The highest BCUT2D eigenvalue weighted by molar-refractivity contribution is 5.86. The molecule has 2 N–H and O–H groups in total. The van der Waals surface area contributed by atoms with Crippen molar-refractivity contribution in [2.75, 3.05) is 6.61 Å². The summed E-state index contributed by atoms with van der Waals surface area (Å²) in [7, 11) is 0. The van der Waals surface area contributed by atoms with Crippen molar-refractivity contribution < 1.29 is 14.6 Å². The van der Waals surface area contributed by atoms with Crippen LogP contribution in [0.2, 0.25) is 0 Å². The lowest BCUT2D eigenvalue weighted by molar-refractivity contribution is -0.122. The van der Waals surface area contributed by atoms with Crippen LogP contribution in [0, 0.1) is 5.92 Å². The summed E-state index contributed by atoms with van der Waals surface area (Å²) in [5.74, 6) is 0.702. The first-order valence-electron chi connectivity index (χ1n) is 8.02. The highest BCUT2D eigenvalue weighted by atomic mass is 16.5. The Hall–Kier alpha value is -2.82. The van der Waals surface area contributed by atoms with E-state index in [-0.39, 0.29) is 17.6 Å². The molecule has 5 nitrogen and oxygen atoms in total. The highest BCUT2D eigenvalue weighted by Crippen LogP contribution is 2.47. The van der Waals surface area contributed by atoms with Gasteiger partial charge in [-0.3, -0.25) is 4.79 Å². The number of hydrogen-bond donors (Lipinski definition) is 2. The van der Waals surface area contributed by atoms with E-state index < -0.39 is 0 Å². The number of nitrogens with zero attached hydrogens (tertiary/aromatic N) is 1. The molecule has 1 saturated carbocycles.